The molecular formula is C18H17N3O2. The number of imidazole rings is 1. The minimum atomic E-state index is -0.149. The van der Waals surface area contributed by atoms with Crippen LogP contribution in [0.25, 0.3) is 6.08 Å². The quantitative estimate of drug-likeness (QED) is 0.712. The largest absolute Gasteiger partial charge is 0.465 e. The van der Waals surface area contributed by atoms with E-state index < -0.39 is 0 Å². The molecule has 0 aliphatic heterocycles. The summed E-state index contributed by atoms with van der Waals surface area (Å²) in [5.41, 5.74) is 2.25. The number of hydrogen-bond donors (Lipinski definition) is 1. The molecule has 0 bridgehead atoms. The van der Waals surface area contributed by atoms with Crippen molar-refractivity contribution in [2.45, 2.75) is 13.1 Å². The van der Waals surface area contributed by atoms with Gasteiger partial charge in [-0.15, -0.1) is 0 Å². The first kappa shape index (κ1) is 14.8. The van der Waals surface area contributed by atoms with Crippen LogP contribution in [-0.4, -0.2) is 15.5 Å². The van der Waals surface area contributed by atoms with Crippen LogP contribution in [0.3, 0.4) is 0 Å². The minimum absolute atomic E-state index is 0.149. The Morgan fingerprint density at radius 3 is 2.74 bits per heavy atom. The van der Waals surface area contributed by atoms with Crippen LogP contribution in [0.2, 0.25) is 0 Å². The predicted molar refractivity (Wildman–Crippen MR) is 87.4 cm³/mol. The minimum Gasteiger partial charge on any atom is -0.465 e. The summed E-state index contributed by atoms with van der Waals surface area (Å²) in [6.45, 7) is 1.28. The first-order valence-corrected chi connectivity index (χ1v) is 7.32. The molecule has 2 aromatic heterocycles. The lowest BCUT2D eigenvalue weighted by Crippen LogP contribution is -2.20. The fourth-order valence-electron chi connectivity index (χ4n) is 2.15. The third-order valence-electron chi connectivity index (χ3n) is 3.36. The standard InChI is InChI=1S/C18H17N3O2/c22-18(8-7-17-2-1-11-23-17)20-12-15-3-5-16(6-4-15)13-21-10-9-19-14-21/h1-11,14H,12-13H2,(H,20,22)/b8-7+. The van der Waals surface area contributed by atoms with Crippen LogP contribution < -0.4 is 5.32 Å². The SMILES string of the molecule is O=C(/C=C/c1ccco1)NCc1ccc(Cn2ccnc2)cc1. The maximum Gasteiger partial charge on any atom is 0.244 e. The lowest BCUT2D eigenvalue weighted by Gasteiger charge is -2.06. The summed E-state index contributed by atoms with van der Waals surface area (Å²) >= 11 is 0. The average Bonchev–Trinajstić information content (AvgIpc) is 3.26. The van der Waals surface area contributed by atoms with Crippen LogP contribution in [0.4, 0.5) is 0 Å². The Labute approximate surface area is 134 Å². The number of amides is 1. The van der Waals surface area contributed by atoms with Crippen LogP contribution >= 0.6 is 0 Å². The molecule has 0 fully saturated rings. The number of aromatic nitrogens is 2. The van der Waals surface area contributed by atoms with Crippen molar-refractivity contribution in [2.75, 3.05) is 0 Å². The molecule has 0 radical (unpaired) electrons. The number of rotatable bonds is 6. The second-order valence-corrected chi connectivity index (χ2v) is 5.12. The van der Waals surface area contributed by atoms with E-state index in [4.69, 9.17) is 4.42 Å². The molecule has 3 rings (SSSR count). The Balaban J connectivity index is 1.49. The summed E-state index contributed by atoms with van der Waals surface area (Å²) in [6.07, 6.45) is 10.2. The zero-order valence-corrected chi connectivity index (χ0v) is 12.6. The molecule has 116 valence electrons. The van der Waals surface area contributed by atoms with Crippen molar-refractivity contribution < 1.29 is 9.21 Å². The van der Waals surface area contributed by atoms with Crippen molar-refractivity contribution in [1.29, 1.82) is 0 Å². The number of carbonyl (C=O) groups is 1. The van der Waals surface area contributed by atoms with Crippen molar-refractivity contribution in [1.82, 2.24) is 14.9 Å². The number of nitrogens with zero attached hydrogens (tertiary/aromatic N) is 2. The lowest BCUT2D eigenvalue weighted by atomic mass is 10.1. The normalized spacial score (nSPS) is 11.0. The Kier molecular flexibility index (Phi) is 4.69. The Hall–Kier alpha value is -3.08. The highest BCUT2D eigenvalue weighted by Gasteiger charge is 1.99. The molecular weight excluding hydrogens is 290 g/mol. The van der Waals surface area contributed by atoms with Gasteiger partial charge < -0.3 is 14.3 Å². The fourth-order valence-corrected chi connectivity index (χ4v) is 2.15. The summed E-state index contributed by atoms with van der Waals surface area (Å²) in [4.78, 5) is 15.8. The van der Waals surface area contributed by atoms with Gasteiger partial charge in [-0.25, -0.2) is 4.98 Å². The second-order valence-electron chi connectivity index (χ2n) is 5.12. The molecule has 0 saturated carbocycles. The van der Waals surface area contributed by atoms with Crippen LogP contribution in [0.1, 0.15) is 16.9 Å². The monoisotopic (exact) mass is 307 g/mol. The van der Waals surface area contributed by atoms with Gasteiger partial charge in [0.15, 0.2) is 0 Å². The number of benzene rings is 1. The van der Waals surface area contributed by atoms with Crippen LogP contribution in [0.15, 0.2) is 71.9 Å². The third kappa shape index (κ3) is 4.44. The number of hydrogen-bond acceptors (Lipinski definition) is 3. The summed E-state index contributed by atoms with van der Waals surface area (Å²) in [7, 11) is 0. The molecule has 1 aromatic carbocycles. The van der Waals surface area contributed by atoms with Gasteiger partial charge in [0.05, 0.1) is 12.6 Å². The molecule has 5 nitrogen and oxygen atoms in total. The highest BCUT2D eigenvalue weighted by Crippen LogP contribution is 2.07. The topological polar surface area (TPSA) is 60.1 Å². The van der Waals surface area contributed by atoms with E-state index in [-0.39, 0.29) is 5.91 Å². The zero-order chi connectivity index (χ0) is 15.9. The molecule has 1 N–H and O–H groups in total. The van der Waals surface area contributed by atoms with Crippen molar-refractivity contribution in [3.05, 3.63) is 84.3 Å². The molecule has 1 amide bonds. The van der Waals surface area contributed by atoms with E-state index in [1.807, 2.05) is 22.9 Å². The van der Waals surface area contributed by atoms with Crippen LogP contribution in [-0.2, 0) is 17.9 Å². The van der Waals surface area contributed by atoms with E-state index in [9.17, 15) is 4.79 Å². The van der Waals surface area contributed by atoms with Crippen LogP contribution in [0, 0.1) is 0 Å². The third-order valence-corrected chi connectivity index (χ3v) is 3.36. The molecule has 3 aromatic rings. The molecule has 0 unspecified atom stereocenters. The molecule has 0 aliphatic rings. The Morgan fingerprint density at radius 2 is 2.04 bits per heavy atom. The lowest BCUT2D eigenvalue weighted by molar-refractivity contribution is -0.116. The van der Waals surface area contributed by atoms with Gasteiger partial charge in [-0.05, 0) is 29.3 Å². The van der Waals surface area contributed by atoms with Gasteiger partial charge in [0.25, 0.3) is 0 Å². The number of furan rings is 1. The predicted octanol–water partition coefficient (Wildman–Crippen LogP) is 2.85. The van der Waals surface area contributed by atoms with Gasteiger partial charge in [0, 0.05) is 31.6 Å². The van der Waals surface area contributed by atoms with E-state index in [0.29, 0.717) is 12.3 Å². The van der Waals surface area contributed by atoms with Gasteiger partial charge >= 0.3 is 0 Å². The summed E-state index contributed by atoms with van der Waals surface area (Å²) in [5.74, 6) is 0.507. The maximum atomic E-state index is 11.7. The highest BCUT2D eigenvalue weighted by molar-refractivity contribution is 5.91. The van der Waals surface area contributed by atoms with E-state index in [0.717, 1.165) is 12.1 Å². The van der Waals surface area contributed by atoms with Crippen molar-refractivity contribution in [3.63, 3.8) is 0 Å². The van der Waals surface area contributed by atoms with E-state index in [1.54, 1.807) is 37.0 Å². The Bertz CT molecular complexity index is 757. The van der Waals surface area contributed by atoms with Gasteiger partial charge in [-0.1, -0.05) is 24.3 Å². The van der Waals surface area contributed by atoms with E-state index in [1.165, 1.54) is 11.6 Å². The smallest absolute Gasteiger partial charge is 0.244 e. The summed E-state index contributed by atoms with van der Waals surface area (Å²) in [6, 6.07) is 11.7. The van der Waals surface area contributed by atoms with Gasteiger partial charge in [0.1, 0.15) is 5.76 Å². The van der Waals surface area contributed by atoms with Crippen molar-refractivity contribution in [3.8, 4) is 0 Å². The fraction of sp³-hybridized carbons (Fsp3) is 0.111. The molecule has 0 atom stereocenters. The summed E-state index contributed by atoms with van der Waals surface area (Å²) in [5, 5.41) is 2.84. The van der Waals surface area contributed by atoms with Gasteiger partial charge in [-0.2, -0.15) is 0 Å². The first-order valence-electron chi connectivity index (χ1n) is 7.32. The van der Waals surface area contributed by atoms with E-state index >= 15 is 0 Å². The first-order chi connectivity index (χ1) is 11.3. The van der Waals surface area contributed by atoms with Crippen molar-refractivity contribution >= 4 is 12.0 Å². The molecule has 0 aliphatic carbocycles. The summed E-state index contributed by atoms with van der Waals surface area (Å²) < 4.78 is 7.14. The number of nitrogens with one attached hydrogen (secondary N) is 1. The molecule has 5 heteroatoms. The Morgan fingerprint density at radius 1 is 1.22 bits per heavy atom. The van der Waals surface area contributed by atoms with Crippen LogP contribution in [0.5, 0.6) is 0 Å². The maximum absolute atomic E-state index is 11.7. The number of carbonyl (C=O) groups excluding carboxylic acids is 1. The molecule has 23 heavy (non-hydrogen) atoms. The van der Waals surface area contributed by atoms with E-state index in [2.05, 4.69) is 22.4 Å². The van der Waals surface area contributed by atoms with Crippen molar-refractivity contribution in [2.24, 2.45) is 0 Å². The average molecular weight is 307 g/mol. The van der Waals surface area contributed by atoms with Gasteiger partial charge in [0.2, 0.25) is 5.91 Å². The molecule has 0 spiro atoms. The zero-order valence-electron chi connectivity index (χ0n) is 12.6. The second kappa shape index (κ2) is 7.26. The highest BCUT2D eigenvalue weighted by atomic mass is 16.3. The van der Waals surface area contributed by atoms with Gasteiger partial charge in [-0.3, -0.25) is 4.79 Å². The molecule has 0 saturated heterocycles. The molecule has 2 heterocycles.